The molecule has 2 N–H and O–H groups in total. The molecule has 0 aromatic rings. The van der Waals surface area contributed by atoms with E-state index in [2.05, 4.69) is 0 Å². The second-order valence-corrected chi connectivity index (χ2v) is 4.54. The Morgan fingerprint density at radius 3 is 1.57 bits per heavy atom. The number of rotatable bonds is 6. The lowest BCUT2D eigenvalue weighted by molar-refractivity contribution is 0.175. The van der Waals surface area contributed by atoms with Crippen LogP contribution in [0.2, 0.25) is 0 Å². The fourth-order valence-corrected chi connectivity index (χ4v) is 2.75. The van der Waals surface area contributed by atoms with Crippen LogP contribution in [0.15, 0.2) is 0 Å². The standard InChI is InChI=1S/C12H24O2/c13-9-3-7-11-5-1-2-6-12(11)8-4-10-14/h11-14H,1-10H2/t11-,12-/m1/s1. The second-order valence-electron chi connectivity index (χ2n) is 4.54. The van der Waals surface area contributed by atoms with Crippen LogP contribution in [0.1, 0.15) is 51.4 Å². The Kier molecular flexibility index (Phi) is 6.20. The SMILES string of the molecule is OCCC[C@H]1CCCC[C@@H]1CCCO. The Morgan fingerprint density at radius 2 is 1.21 bits per heavy atom. The molecule has 0 aliphatic heterocycles. The number of aliphatic hydroxyl groups excluding tert-OH is 2. The quantitative estimate of drug-likeness (QED) is 0.691. The third kappa shape index (κ3) is 3.97. The Hall–Kier alpha value is -0.0800. The van der Waals surface area contributed by atoms with Crippen LogP contribution < -0.4 is 0 Å². The average Bonchev–Trinajstić information content (AvgIpc) is 2.24. The van der Waals surface area contributed by atoms with Crippen LogP contribution in [0.25, 0.3) is 0 Å². The van der Waals surface area contributed by atoms with Crippen LogP contribution in [0.5, 0.6) is 0 Å². The van der Waals surface area contributed by atoms with Crippen LogP contribution in [-0.4, -0.2) is 23.4 Å². The molecular formula is C12H24O2. The Balaban J connectivity index is 2.26. The lowest BCUT2D eigenvalue weighted by Gasteiger charge is -2.31. The molecular weight excluding hydrogens is 176 g/mol. The summed E-state index contributed by atoms with van der Waals surface area (Å²) in [5.41, 5.74) is 0. The van der Waals surface area contributed by atoms with Crippen molar-refractivity contribution in [2.24, 2.45) is 11.8 Å². The molecule has 1 aliphatic carbocycles. The minimum Gasteiger partial charge on any atom is -0.396 e. The maximum Gasteiger partial charge on any atom is 0.0431 e. The largest absolute Gasteiger partial charge is 0.396 e. The minimum atomic E-state index is 0.337. The van der Waals surface area contributed by atoms with Gasteiger partial charge in [-0.05, 0) is 37.5 Å². The predicted molar refractivity (Wildman–Crippen MR) is 58.1 cm³/mol. The fourth-order valence-electron chi connectivity index (χ4n) is 2.75. The molecule has 2 heteroatoms. The van der Waals surface area contributed by atoms with Crippen LogP contribution in [-0.2, 0) is 0 Å². The van der Waals surface area contributed by atoms with Gasteiger partial charge in [0, 0.05) is 13.2 Å². The molecule has 0 aromatic carbocycles. The molecule has 2 atom stereocenters. The molecule has 1 rings (SSSR count). The first kappa shape index (κ1) is 12.0. The van der Waals surface area contributed by atoms with Crippen LogP contribution in [0.3, 0.4) is 0 Å². The number of hydrogen-bond donors (Lipinski definition) is 2. The zero-order valence-corrected chi connectivity index (χ0v) is 9.12. The van der Waals surface area contributed by atoms with Gasteiger partial charge in [-0.3, -0.25) is 0 Å². The van der Waals surface area contributed by atoms with Gasteiger partial charge in [0.05, 0.1) is 0 Å². The minimum absolute atomic E-state index is 0.337. The van der Waals surface area contributed by atoms with Crippen molar-refractivity contribution in [3.63, 3.8) is 0 Å². The van der Waals surface area contributed by atoms with Gasteiger partial charge < -0.3 is 10.2 Å². The number of aliphatic hydroxyl groups is 2. The maximum absolute atomic E-state index is 8.82. The molecule has 0 unspecified atom stereocenters. The predicted octanol–water partition coefficient (Wildman–Crippen LogP) is 2.34. The highest BCUT2D eigenvalue weighted by atomic mass is 16.3. The Morgan fingerprint density at radius 1 is 0.786 bits per heavy atom. The summed E-state index contributed by atoms with van der Waals surface area (Å²) in [5.74, 6) is 1.64. The molecule has 2 nitrogen and oxygen atoms in total. The first-order valence-electron chi connectivity index (χ1n) is 6.10. The summed E-state index contributed by atoms with van der Waals surface area (Å²) in [5, 5.41) is 17.6. The van der Waals surface area contributed by atoms with Crippen molar-refractivity contribution >= 4 is 0 Å². The van der Waals surface area contributed by atoms with Crippen molar-refractivity contribution in [1.29, 1.82) is 0 Å². The zero-order chi connectivity index (χ0) is 10.2. The highest BCUT2D eigenvalue weighted by Crippen LogP contribution is 2.35. The van der Waals surface area contributed by atoms with E-state index in [0.29, 0.717) is 13.2 Å². The van der Waals surface area contributed by atoms with E-state index in [0.717, 1.165) is 24.7 Å². The first-order chi connectivity index (χ1) is 6.88. The van der Waals surface area contributed by atoms with Crippen LogP contribution >= 0.6 is 0 Å². The molecule has 84 valence electrons. The molecule has 0 saturated heterocycles. The van der Waals surface area contributed by atoms with E-state index in [-0.39, 0.29) is 0 Å². The molecule has 0 amide bonds. The molecule has 1 fully saturated rings. The average molecular weight is 200 g/mol. The molecule has 1 saturated carbocycles. The number of hydrogen-bond acceptors (Lipinski definition) is 2. The van der Waals surface area contributed by atoms with Gasteiger partial charge in [0.1, 0.15) is 0 Å². The highest BCUT2D eigenvalue weighted by Gasteiger charge is 2.23. The van der Waals surface area contributed by atoms with Crippen molar-refractivity contribution in [2.45, 2.75) is 51.4 Å². The van der Waals surface area contributed by atoms with Gasteiger partial charge in [-0.2, -0.15) is 0 Å². The molecule has 0 bridgehead atoms. The van der Waals surface area contributed by atoms with E-state index >= 15 is 0 Å². The van der Waals surface area contributed by atoms with E-state index in [4.69, 9.17) is 10.2 Å². The highest BCUT2D eigenvalue weighted by molar-refractivity contribution is 4.75. The fraction of sp³-hybridized carbons (Fsp3) is 1.00. The summed E-state index contributed by atoms with van der Waals surface area (Å²) in [4.78, 5) is 0. The molecule has 14 heavy (non-hydrogen) atoms. The van der Waals surface area contributed by atoms with E-state index in [1.54, 1.807) is 0 Å². The lowest BCUT2D eigenvalue weighted by atomic mass is 9.75. The van der Waals surface area contributed by atoms with Gasteiger partial charge in [-0.15, -0.1) is 0 Å². The van der Waals surface area contributed by atoms with E-state index in [9.17, 15) is 0 Å². The van der Waals surface area contributed by atoms with Crippen molar-refractivity contribution in [3.05, 3.63) is 0 Å². The Bertz CT molecular complexity index is 120. The molecule has 0 radical (unpaired) electrons. The summed E-state index contributed by atoms with van der Waals surface area (Å²) in [6, 6.07) is 0. The molecule has 0 aromatic heterocycles. The summed E-state index contributed by atoms with van der Waals surface area (Å²) < 4.78 is 0. The van der Waals surface area contributed by atoms with Gasteiger partial charge in [-0.1, -0.05) is 25.7 Å². The monoisotopic (exact) mass is 200 g/mol. The Labute approximate surface area is 87.3 Å². The van der Waals surface area contributed by atoms with Crippen molar-refractivity contribution < 1.29 is 10.2 Å². The smallest absolute Gasteiger partial charge is 0.0431 e. The maximum atomic E-state index is 8.82. The van der Waals surface area contributed by atoms with Gasteiger partial charge in [0.15, 0.2) is 0 Å². The summed E-state index contributed by atoms with van der Waals surface area (Å²) in [6.45, 7) is 0.673. The summed E-state index contributed by atoms with van der Waals surface area (Å²) in [7, 11) is 0. The van der Waals surface area contributed by atoms with Crippen LogP contribution in [0, 0.1) is 11.8 Å². The topological polar surface area (TPSA) is 40.5 Å². The van der Waals surface area contributed by atoms with Gasteiger partial charge >= 0.3 is 0 Å². The lowest BCUT2D eigenvalue weighted by Crippen LogP contribution is -2.20. The third-order valence-corrected chi connectivity index (χ3v) is 3.53. The van der Waals surface area contributed by atoms with E-state index in [1.807, 2.05) is 0 Å². The van der Waals surface area contributed by atoms with Crippen molar-refractivity contribution in [2.75, 3.05) is 13.2 Å². The van der Waals surface area contributed by atoms with Gasteiger partial charge in [0.2, 0.25) is 0 Å². The summed E-state index contributed by atoms with van der Waals surface area (Å²) >= 11 is 0. The van der Waals surface area contributed by atoms with E-state index in [1.165, 1.54) is 38.5 Å². The van der Waals surface area contributed by atoms with E-state index < -0.39 is 0 Å². The van der Waals surface area contributed by atoms with Crippen LogP contribution in [0.4, 0.5) is 0 Å². The van der Waals surface area contributed by atoms with Crippen molar-refractivity contribution in [1.82, 2.24) is 0 Å². The second kappa shape index (κ2) is 7.24. The normalized spacial score (nSPS) is 27.9. The summed E-state index contributed by atoms with van der Waals surface area (Å²) in [6.07, 6.45) is 9.71. The van der Waals surface area contributed by atoms with Gasteiger partial charge in [0.25, 0.3) is 0 Å². The van der Waals surface area contributed by atoms with Gasteiger partial charge in [-0.25, -0.2) is 0 Å². The molecule has 0 heterocycles. The molecule has 0 spiro atoms. The first-order valence-corrected chi connectivity index (χ1v) is 6.10. The third-order valence-electron chi connectivity index (χ3n) is 3.53. The zero-order valence-electron chi connectivity index (χ0n) is 9.12. The van der Waals surface area contributed by atoms with Crippen molar-refractivity contribution in [3.8, 4) is 0 Å². The molecule has 1 aliphatic rings.